The first-order valence-electron chi connectivity index (χ1n) is 9.27. The van der Waals surface area contributed by atoms with Gasteiger partial charge in [0.25, 0.3) is 5.91 Å². The standard InChI is InChI=1S/C21H26N2O4/c1-15-13-19(16(2)26-15)21(25)27-17(3)20(24)23-11-9-22(10-12-23)14-18-7-5-4-6-8-18/h4-8,13,17H,9-12,14H2,1-3H3/t17-/m1/s1. The molecular formula is C21H26N2O4. The number of nitrogens with zero attached hydrogens (tertiary/aromatic N) is 2. The molecule has 0 N–H and O–H groups in total. The largest absolute Gasteiger partial charge is 0.466 e. The second kappa shape index (κ2) is 8.39. The maximum absolute atomic E-state index is 12.6. The molecule has 0 aliphatic carbocycles. The van der Waals surface area contributed by atoms with Crippen LogP contribution in [0.1, 0.15) is 34.4 Å². The van der Waals surface area contributed by atoms with Crippen molar-refractivity contribution >= 4 is 11.9 Å². The van der Waals surface area contributed by atoms with E-state index in [0.29, 0.717) is 30.2 Å². The molecule has 1 aliphatic heterocycles. The van der Waals surface area contributed by atoms with Crippen LogP contribution in [0.25, 0.3) is 0 Å². The van der Waals surface area contributed by atoms with Gasteiger partial charge in [0.15, 0.2) is 6.10 Å². The first-order valence-corrected chi connectivity index (χ1v) is 9.27. The topological polar surface area (TPSA) is 63.0 Å². The number of esters is 1. The average Bonchev–Trinajstić information content (AvgIpc) is 3.01. The lowest BCUT2D eigenvalue weighted by Crippen LogP contribution is -2.51. The van der Waals surface area contributed by atoms with Crippen molar-refractivity contribution in [1.29, 1.82) is 0 Å². The van der Waals surface area contributed by atoms with Crippen molar-refractivity contribution in [3.63, 3.8) is 0 Å². The zero-order chi connectivity index (χ0) is 19.4. The van der Waals surface area contributed by atoms with E-state index >= 15 is 0 Å². The molecular weight excluding hydrogens is 344 g/mol. The number of piperazine rings is 1. The third-order valence-corrected chi connectivity index (χ3v) is 4.83. The Hall–Kier alpha value is -2.60. The van der Waals surface area contributed by atoms with Gasteiger partial charge in [-0.05, 0) is 32.4 Å². The summed E-state index contributed by atoms with van der Waals surface area (Å²) in [4.78, 5) is 29.0. The Morgan fingerprint density at radius 2 is 1.78 bits per heavy atom. The molecule has 2 heterocycles. The van der Waals surface area contributed by atoms with E-state index in [2.05, 4.69) is 17.0 Å². The highest BCUT2D eigenvalue weighted by Crippen LogP contribution is 2.16. The molecule has 1 saturated heterocycles. The molecule has 144 valence electrons. The Kier molecular flexibility index (Phi) is 5.96. The molecule has 0 spiro atoms. The minimum atomic E-state index is -0.812. The Balaban J connectivity index is 1.49. The molecule has 0 radical (unpaired) electrons. The summed E-state index contributed by atoms with van der Waals surface area (Å²) in [5.41, 5.74) is 1.64. The molecule has 6 nitrogen and oxygen atoms in total. The molecule has 6 heteroatoms. The van der Waals surface area contributed by atoms with Gasteiger partial charge >= 0.3 is 5.97 Å². The summed E-state index contributed by atoms with van der Waals surface area (Å²) in [5, 5.41) is 0. The highest BCUT2D eigenvalue weighted by Gasteiger charge is 2.28. The van der Waals surface area contributed by atoms with Gasteiger partial charge in [-0.3, -0.25) is 9.69 Å². The Labute approximate surface area is 159 Å². The number of hydrogen-bond donors (Lipinski definition) is 0. The van der Waals surface area contributed by atoms with E-state index in [1.54, 1.807) is 31.7 Å². The van der Waals surface area contributed by atoms with Crippen LogP contribution in [0.3, 0.4) is 0 Å². The average molecular weight is 370 g/mol. The third kappa shape index (κ3) is 4.77. The van der Waals surface area contributed by atoms with Crippen LogP contribution in [0.2, 0.25) is 0 Å². The number of furan rings is 1. The summed E-state index contributed by atoms with van der Waals surface area (Å²) in [6, 6.07) is 11.9. The van der Waals surface area contributed by atoms with Gasteiger partial charge in [0.05, 0.1) is 0 Å². The van der Waals surface area contributed by atoms with E-state index in [-0.39, 0.29) is 5.91 Å². The molecule has 1 amide bonds. The van der Waals surface area contributed by atoms with Gasteiger partial charge in [-0.25, -0.2) is 4.79 Å². The van der Waals surface area contributed by atoms with E-state index < -0.39 is 12.1 Å². The highest BCUT2D eigenvalue weighted by atomic mass is 16.5. The fraction of sp³-hybridized carbons (Fsp3) is 0.429. The van der Waals surface area contributed by atoms with Crippen molar-refractivity contribution < 1.29 is 18.7 Å². The fourth-order valence-corrected chi connectivity index (χ4v) is 3.33. The summed E-state index contributed by atoms with van der Waals surface area (Å²) in [7, 11) is 0. The third-order valence-electron chi connectivity index (χ3n) is 4.83. The maximum atomic E-state index is 12.6. The van der Waals surface area contributed by atoms with Gasteiger partial charge in [-0.15, -0.1) is 0 Å². The molecule has 1 aromatic heterocycles. The summed E-state index contributed by atoms with van der Waals surface area (Å²) in [6.45, 7) is 8.87. The van der Waals surface area contributed by atoms with E-state index in [4.69, 9.17) is 9.15 Å². The van der Waals surface area contributed by atoms with Crippen molar-refractivity contribution in [2.75, 3.05) is 26.2 Å². The van der Waals surface area contributed by atoms with Gasteiger partial charge in [0.2, 0.25) is 0 Å². The van der Waals surface area contributed by atoms with Crippen molar-refractivity contribution in [3.05, 3.63) is 59.0 Å². The number of carbonyl (C=O) groups is 2. The van der Waals surface area contributed by atoms with Crippen LogP contribution in [-0.2, 0) is 16.1 Å². The van der Waals surface area contributed by atoms with Crippen LogP contribution in [-0.4, -0.2) is 54.0 Å². The van der Waals surface area contributed by atoms with E-state index in [9.17, 15) is 9.59 Å². The number of ether oxygens (including phenoxy) is 1. The molecule has 0 bridgehead atoms. The molecule has 2 aromatic rings. The normalized spacial score (nSPS) is 16.2. The van der Waals surface area contributed by atoms with Gasteiger partial charge in [0, 0.05) is 32.7 Å². The Morgan fingerprint density at radius 1 is 1.11 bits per heavy atom. The van der Waals surface area contributed by atoms with Crippen molar-refractivity contribution in [3.8, 4) is 0 Å². The van der Waals surface area contributed by atoms with Gasteiger partial charge in [0.1, 0.15) is 17.1 Å². The van der Waals surface area contributed by atoms with Crippen LogP contribution in [0.15, 0.2) is 40.8 Å². The van der Waals surface area contributed by atoms with E-state index in [1.807, 2.05) is 18.2 Å². The van der Waals surface area contributed by atoms with Crippen LogP contribution >= 0.6 is 0 Å². The zero-order valence-electron chi connectivity index (χ0n) is 16.1. The zero-order valence-corrected chi connectivity index (χ0v) is 16.1. The number of aryl methyl sites for hydroxylation is 2. The molecule has 0 saturated carbocycles. The molecule has 1 aliphatic rings. The molecule has 1 aromatic carbocycles. The number of rotatable bonds is 5. The number of carbonyl (C=O) groups excluding carboxylic acids is 2. The molecule has 0 unspecified atom stereocenters. The van der Waals surface area contributed by atoms with Gasteiger partial charge in [-0.1, -0.05) is 30.3 Å². The van der Waals surface area contributed by atoms with Gasteiger partial charge in [-0.2, -0.15) is 0 Å². The Morgan fingerprint density at radius 3 is 2.37 bits per heavy atom. The predicted octanol–water partition coefficient (Wildman–Crippen LogP) is 2.79. The quantitative estimate of drug-likeness (QED) is 0.758. The first kappa shape index (κ1) is 19.2. The van der Waals surface area contributed by atoms with Crippen LogP contribution in [0, 0.1) is 13.8 Å². The SMILES string of the molecule is Cc1cc(C(=O)O[C@H](C)C(=O)N2CCN(Cc3ccccc3)CC2)c(C)o1. The van der Waals surface area contributed by atoms with Crippen LogP contribution < -0.4 is 0 Å². The van der Waals surface area contributed by atoms with Crippen molar-refractivity contribution in [1.82, 2.24) is 9.80 Å². The van der Waals surface area contributed by atoms with E-state index in [1.165, 1.54) is 5.56 Å². The smallest absolute Gasteiger partial charge is 0.342 e. The lowest BCUT2D eigenvalue weighted by Gasteiger charge is -2.35. The summed E-state index contributed by atoms with van der Waals surface area (Å²) < 4.78 is 10.7. The monoisotopic (exact) mass is 370 g/mol. The van der Waals surface area contributed by atoms with Crippen molar-refractivity contribution in [2.45, 2.75) is 33.4 Å². The molecule has 1 atom stereocenters. The highest BCUT2D eigenvalue weighted by molar-refractivity contribution is 5.93. The summed E-state index contributed by atoms with van der Waals surface area (Å²) in [6.07, 6.45) is -0.812. The fourth-order valence-electron chi connectivity index (χ4n) is 3.33. The lowest BCUT2D eigenvalue weighted by molar-refractivity contribution is -0.141. The molecule has 27 heavy (non-hydrogen) atoms. The Bertz CT molecular complexity index is 792. The molecule has 1 fully saturated rings. The van der Waals surface area contributed by atoms with E-state index in [0.717, 1.165) is 19.6 Å². The second-order valence-corrected chi connectivity index (χ2v) is 6.96. The van der Waals surface area contributed by atoms with Crippen molar-refractivity contribution in [2.24, 2.45) is 0 Å². The lowest BCUT2D eigenvalue weighted by atomic mass is 10.2. The maximum Gasteiger partial charge on any atom is 0.342 e. The number of benzene rings is 1. The minimum Gasteiger partial charge on any atom is -0.466 e. The second-order valence-electron chi connectivity index (χ2n) is 6.96. The number of hydrogen-bond acceptors (Lipinski definition) is 5. The minimum absolute atomic E-state index is 0.152. The summed E-state index contributed by atoms with van der Waals surface area (Å²) in [5.74, 6) is 0.480. The molecule has 3 rings (SSSR count). The summed E-state index contributed by atoms with van der Waals surface area (Å²) >= 11 is 0. The van der Waals surface area contributed by atoms with Gasteiger partial charge < -0.3 is 14.1 Å². The first-order chi connectivity index (χ1) is 12.9. The van der Waals surface area contributed by atoms with Crippen LogP contribution in [0.5, 0.6) is 0 Å². The predicted molar refractivity (Wildman–Crippen MR) is 101 cm³/mol. The number of amides is 1. The van der Waals surface area contributed by atoms with Crippen LogP contribution in [0.4, 0.5) is 0 Å².